The number of allylic oxidation sites excluding steroid dienone is 4. The zero-order chi connectivity index (χ0) is 25.0. The lowest BCUT2D eigenvalue weighted by Crippen LogP contribution is -2.45. The summed E-state index contributed by atoms with van der Waals surface area (Å²) in [6, 6.07) is 10.9. The van der Waals surface area contributed by atoms with Crippen molar-refractivity contribution in [3.63, 3.8) is 0 Å². The normalized spacial score (nSPS) is 18.5. The van der Waals surface area contributed by atoms with Crippen LogP contribution in [0.2, 0.25) is 0 Å². The van der Waals surface area contributed by atoms with E-state index in [1.54, 1.807) is 29.8 Å². The van der Waals surface area contributed by atoms with Crippen LogP contribution >= 0.6 is 0 Å². The summed E-state index contributed by atoms with van der Waals surface area (Å²) in [5, 5.41) is 23.0. The van der Waals surface area contributed by atoms with Crippen molar-refractivity contribution in [2.75, 3.05) is 13.2 Å². The minimum absolute atomic E-state index is 0.0362. The number of ether oxygens (including phenoxy) is 1. The molecular formula is C29H34FNO4. The largest absolute Gasteiger partial charge is 0.488 e. The van der Waals surface area contributed by atoms with Gasteiger partial charge in [-0.25, -0.2) is 9.18 Å². The first-order chi connectivity index (χ1) is 16.7. The summed E-state index contributed by atoms with van der Waals surface area (Å²) in [5.41, 5.74) is 4.65. The van der Waals surface area contributed by atoms with E-state index in [-0.39, 0.29) is 23.5 Å². The van der Waals surface area contributed by atoms with Gasteiger partial charge in [-0.3, -0.25) is 0 Å². The Morgan fingerprint density at radius 2 is 1.91 bits per heavy atom. The summed E-state index contributed by atoms with van der Waals surface area (Å²) in [6.07, 6.45) is 9.46. The molecule has 2 aliphatic carbocycles. The SMILES string of the molecule is CC(C)(CC1CC2=C(CCC=C2)C1)NCC(O)COc1cc(-c2ccc(C(=O)O)cc2)ccc1F. The van der Waals surface area contributed by atoms with E-state index < -0.39 is 17.9 Å². The molecule has 2 unspecified atom stereocenters. The number of aliphatic hydroxyl groups excluding tert-OH is 1. The summed E-state index contributed by atoms with van der Waals surface area (Å²) in [6.45, 7) is 4.63. The summed E-state index contributed by atoms with van der Waals surface area (Å²) in [5.74, 6) is -0.830. The van der Waals surface area contributed by atoms with Crippen LogP contribution in [0.15, 0.2) is 65.8 Å². The second-order valence-electron chi connectivity index (χ2n) is 10.3. The fourth-order valence-electron chi connectivity index (χ4n) is 5.11. The third-order valence-corrected chi connectivity index (χ3v) is 6.87. The van der Waals surface area contributed by atoms with Crippen LogP contribution in [0.5, 0.6) is 5.75 Å². The van der Waals surface area contributed by atoms with Gasteiger partial charge in [0, 0.05) is 12.1 Å². The minimum Gasteiger partial charge on any atom is -0.488 e. The average Bonchev–Trinajstić information content (AvgIpc) is 3.24. The zero-order valence-corrected chi connectivity index (χ0v) is 20.4. The number of benzene rings is 2. The molecule has 2 aromatic rings. The highest BCUT2D eigenvalue weighted by molar-refractivity contribution is 5.88. The van der Waals surface area contributed by atoms with Gasteiger partial charge in [0.05, 0.1) is 5.56 Å². The van der Waals surface area contributed by atoms with E-state index >= 15 is 0 Å². The summed E-state index contributed by atoms with van der Waals surface area (Å²) < 4.78 is 19.9. The molecule has 2 atom stereocenters. The predicted octanol–water partition coefficient (Wildman–Crippen LogP) is 5.75. The van der Waals surface area contributed by atoms with Gasteiger partial charge in [0.15, 0.2) is 11.6 Å². The van der Waals surface area contributed by atoms with E-state index in [4.69, 9.17) is 9.84 Å². The van der Waals surface area contributed by atoms with Crippen LogP contribution < -0.4 is 10.1 Å². The Morgan fingerprint density at radius 3 is 2.63 bits per heavy atom. The van der Waals surface area contributed by atoms with Gasteiger partial charge in [-0.2, -0.15) is 0 Å². The van der Waals surface area contributed by atoms with Crippen molar-refractivity contribution in [1.29, 1.82) is 0 Å². The summed E-state index contributed by atoms with van der Waals surface area (Å²) in [7, 11) is 0. The van der Waals surface area contributed by atoms with Crippen LogP contribution in [-0.4, -0.2) is 41.0 Å². The zero-order valence-electron chi connectivity index (χ0n) is 20.4. The predicted molar refractivity (Wildman–Crippen MR) is 135 cm³/mol. The highest BCUT2D eigenvalue weighted by atomic mass is 19.1. The molecule has 2 aliphatic rings. The molecule has 2 aromatic carbocycles. The minimum atomic E-state index is -0.998. The fourth-order valence-corrected chi connectivity index (χ4v) is 5.11. The van der Waals surface area contributed by atoms with Crippen LogP contribution in [0.1, 0.15) is 56.3 Å². The standard InChI is InChI=1S/C29H34FNO4/c1-29(2,16-19-13-22-5-3-4-6-23(22)14-19)31-17-25(32)18-35-27-15-24(11-12-26(27)30)20-7-9-21(10-8-20)28(33)34/h3,5,7-12,15,19,25,31-32H,4,6,13-14,16-18H2,1-2H3,(H,33,34). The number of carboxylic acids is 1. The van der Waals surface area contributed by atoms with Gasteiger partial charge in [0.25, 0.3) is 0 Å². The van der Waals surface area contributed by atoms with Crippen LogP contribution in [0.4, 0.5) is 4.39 Å². The molecule has 3 N–H and O–H groups in total. The Hall–Kier alpha value is -2.96. The molecule has 35 heavy (non-hydrogen) atoms. The molecule has 0 spiro atoms. The number of carboxylic acid groups (broad SMARTS) is 1. The summed E-state index contributed by atoms with van der Waals surface area (Å²) >= 11 is 0. The molecule has 4 rings (SSSR count). The number of β-amino-alcohol motifs (C(OH)–C–C–N with tert-alkyl or cyclic N) is 1. The van der Waals surface area contributed by atoms with Crippen molar-refractivity contribution >= 4 is 5.97 Å². The van der Waals surface area contributed by atoms with Gasteiger partial charge in [0.2, 0.25) is 0 Å². The lowest BCUT2D eigenvalue weighted by Gasteiger charge is -2.31. The molecule has 6 heteroatoms. The third-order valence-electron chi connectivity index (χ3n) is 6.87. The third kappa shape index (κ3) is 6.59. The van der Waals surface area contributed by atoms with E-state index in [2.05, 4.69) is 31.3 Å². The lowest BCUT2D eigenvalue weighted by atomic mass is 9.88. The van der Waals surface area contributed by atoms with E-state index in [9.17, 15) is 14.3 Å². The molecule has 0 bridgehead atoms. The molecule has 0 aliphatic heterocycles. The number of halogens is 1. The first-order valence-electron chi connectivity index (χ1n) is 12.3. The highest BCUT2D eigenvalue weighted by Gasteiger charge is 2.29. The van der Waals surface area contributed by atoms with Crippen LogP contribution in [0.3, 0.4) is 0 Å². The van der Waals surface area contributed by atoms with Crippen molar-refractivity contribution in [3.05, 3.63) is 77.1 Å². The number of rotatable bonds is 10. The number of carbonyl (C=O) groups is 1. The first-order valence-corrected chi connectivity index (χ1v) is 12.3. The van der Waals surface area contributed by atoms with Crippen molar-refractivity contribution in [3.8, 4) is 16.9 Å². The number of aliphatic hydroxyl groups is 1. The van der Waals surface area contributed by atoms with Crippen LogP contribution in [0, 0.1) is 11.7 Å². The molecule has 0 radical (unpaired) electrons. The molecule has 0 fully saturated rings. The Kier molecular flexibility index (Phi) is 7.72. The lowest BCUT2D eigenvalue weighted by molar-refractivity contribution is 0.0697. The number of hydrogen-bond donors (Lipinski definition) is 3. The van der Waals surface area contributed by atoms with Gasteiger partial charge in [-0.05, 0) is 92.8 Å². The number of nitrogens with one attached hydrogen (secondary N) is 1. The molecule has 0 saturated heterocycles. The number of hydrogen-bond acceptors (Lipinski definition) is 4. The Morgan fingerprint density at radius 1 is 1.17 bits per heavy atom. The topological polar surface area (TPSA) is 78.8 Å². The van der Waals surface area contributed by atoms with Crippen molar-refractivity contribution in [2.45, 2.75) is 57.6 Å². The maximum absolute atomic E-state index is 14.3. The van der Waals surface area contributed by atoms with E-state index in [1.165, 1.54) is 36.6 Å². The molecule has 186 valence electrons. The van der Waals surface area contributed by atoms with E-state index in [1.807, 2.05) is 0 Å². The monoisotopic (exact) mass is 479 g/mol. The second-order valence-corrected chi connectivity index (χ2v) is 10.3. The smallest absolute Gasteiger partial charge is 0.335 e. The van der Waals surface area contributed by atoms with Crippen LogP contribution in [0.25, 0.3) is 11.1 Å². The van der Waals surface area contributed by atoms with Crippen molar-refractivity contribution < 1.29 is 24.1 Å². The molecule has 5 nitrogen and oxygen atoms in total. The van der Waals surface area contributed by atoms with Gasteiger partial charge in [-0.1, -0.05) is 35.9 Å². The van der Waals surface area contributed by atoms with E-state index in [0.29, 0.717) is 18.0 Å². The van der Waals surface area contributed by atoms with Crippen LogP contribution in [-0.2, 0) is 0 Å². The second kappa shape index (κ2) is 10.8. The highest BCUT2D eigenvalue weighted by Crippen LogP contribution is 2.40. The average molecular weight is 480 g/mol. The van der Waals surface area contributed by atoms with E-state index in [0.717, 1.165) is 24.8 Å². The molecule has 0 saturated carbocycles. The Balaban J connectivity index is 1.27. The molecule has 0 heterocycles. The summed E-state index contributed by atoms with van der Waals surface area (Å²) in [4.78, 5) is 11.0. The van der Waals surface area contributed by atoms with Gasteiger partial charge in [0.1, 0.15) is 12.7 Å². The first kappa shape index (κ1) is 25.1. The van der Waals surface area contributed by atoms with Crippen molar-refractivity contribution in [2.24, 2.45) is 5.92 Å². The quantitative estimate of drug-likeness (QED) is 0.405. The number of aromatic carboxylic acids is 1. The fraction of sp³-hybridized carbons (Fsp3) is 0.414. The van der Waals surface area contributed by atoms with Gasteiger partial charge >= 0.3 is 5.97 Å². The van der Waals surface area contributed by atoms with Crippen molar-refractivity contribution in [1.82, 2.24) is 5.32 Å². The Labute approximate surface area is 206 Å². The Bertz CT molecular complexity index is 1120. The van der Waals surface area contributed by atoms with Gasteiger partial charge in [-0.15, -0.1) is 0 Å². The maximum atomic E-state index is 14.3. The molecular weight excluding hydrogens is 445 g/mol. The maximum Gasteiger partial charge on any atom is 0.335 e. The molecule has 0 amide bonds. The van der Waals surface area contributed by atoms with Gasteiger partial charge < -0.3 is 20.3 Å². The molecule has 0 aromatic heterocycles.